The molecule has 0 spiro atoms. The second-order valence-corrected chi connectivity index (χ2v) is 5.55. The van der Waals surface area contributed by atoms with E-state index in [1.165, 1.54) is 0 Å². The van der Waals surface area contributed by atoms with E-state index in [0.29, 0.717) is 12.8 Å². The van der Waals surface area contributed by atoms with Crippen molar-refractivity contribution in [1.82, 2.24) is 10.6 Å². The summed E-state index contributed by atoms with van der Waals surface area (Å²) in [6.45, 7) is 0.0679. The van der Waals surface area contributed by atoms with Crippen molar-refractivity contribution in [3.63, 3.8) is 0 Å². The third kappa shape index (κ3) is 2.86. The third-order valence-corrected chi connectivity index (χ3v) is 4.20. The predicted molar refractivity (Wildman–Crippen MR) is 62.3 cm³/mol. The Hall–Kier alpha value is -0.820. The number of aliphatic hydroxyl groups excluding tert-OH is 1. The first-order valence-electron chi connectivity index (χ1n) is 6.59. The number of hydrogen-bond donors (Lipinski definition) is 3. The standard InChI is InChI=1S/C12H19F3N2O2/c13-12(14,15)11(3-4-16-7-11)10(19)17-6-8-1-2-9(18)5-8/h8-9,16,18H,1-7H2,(H,17,19). The van der Waals surface area contributed by atoms with Crippen molar-refractivity contribution >= 4 is 5.91 Å². The van der Waals surface area contributed by atoms with Crippen LogP contribution in [-0.4, -0.2) is 42.9 Å². The summed E-state index contributed by atoms with van der Waals surface area (Å²) in [6.07, 6.45) is -3.17. The summed E-state index contributed by atoms with van der Waals surface area (Å²) in [5, 5.41) is 14.4. The zero-order valence-electron chi connectivity index (χ0n) is 10.6. The highest BCUT2D eigenvalue weighted by atomic mass is 19.4. The molecule has 19 heavy (non-hydrogen) atoms. The van der Waals surface area contributed by atoms with Crippen LogP contribution in [0.2, 0.25) is 0 Å². The van der Waals surface area contributed by atoms with Crippen LogP contribution in [0.4, 0.5) is 13.2 Å². The molecule has 3 unspecified atom stereocenters. The Labute approximate surface area is 109 Å². The number of rotatable bonds is 3. The first-order valence-corrected chi connectivity index (χ1v) is 6.59. The van der Waals surface area contributed by atoms with E-state index in [9.17, 15) is 23.1 Å². The maximum atomic E-state index is 13.1. The number of halogens is 3. The van der Waals surface area contributed by atoms with Crippen molar-refractivity contribution in [2.24, 2.45) is 11.3 Å². The normalized spacial score (nSPS) is 35.6. The molecule has 4 nitrogen and oxygen atoms in total. The zero-order valence-corrected chi connectivity index (χ0v) is 10.6. The fourth-order valence-electron chi connectivity index (χ4n) is 2.90. The maximum Gasteiger partial charge on any atom is 0.404 e. The molecule has 0 aromatic rings. The molecule has 1 aliphatic heterocycles. The highest BCUT2D eigenvalue weighted by Gasteiger charge is 2.61. The monoisotopic (exact) mass is 280 g/mol. The number of carbonyl (C=O) groups excluding carboxylic acids is 1. The van der Waals surface area contributed by atoms with Crippen LogP contribution >= 0.6 is 0 Å². The summed E-state index contributed by atoms with van der Waals surface area (Å²) < 4.78 is 39.3. The van der Waals surface area contributed by atoms with E-state index in [4.69, 9.17) is 0 Å². The molecule has 1 aliphatic carbocycles. The number of alkyl halides is 3. The van der Waals surface area contributed by atoms with Crippen LogP contribution in [0.3, 0.4) is 0 Å². The second kappa shape index (κ2) is 5.28. The van der Waals surface area contributed by atoms with Crippen molar-refractivity contribution in [2.45, 2.75) is 38.0 Å². The van der Waals surface area contributed by atoms with Gasteiger partial charge in [-0.1, -0.05) is 0 Å². The number of carbonyl (C=O) groups is 1. The molecular weight excluding hydrogens is 261 g/mol. The molecule has 0 bridgehead atoms. The molecular formula is C12H19F3N2O2. The molecule has 1 saturated carbocycles. The van der Waals surface area contributed by atoms with E-state index in [1.807, 2.05) is 0 Å². The molecule has 0 radical (unpaired) electrons. The van der Waals surface area contributed by atoms with Crippen LogP contribution in [0.1, 0.15) is 25.7 Å². The lowest BCUT2D eigenvalue weighted by Gasteiger charge is -2.29. The molecule has 0 aromatic heterocycles. The molecule has 110 valence electrons. The maximum absolute atomic E-state index is 13.1. The minimum Gasteiger partial charge on any atom is -0.393 e. The first kappa shape index (κ1) is 14.6. The summed E-state index contributed by atoms with van der Waals surface area (Å²) in [7, 11) is 0. The average Bonchev–Trinajstić information content (AvgIpc) is 2.94. The Bertz CT molecular complexity index is 340. The lowest BCUT2D eigenvalue weighted by Crippen LogP contribution is -2.52. The van der Waals surface area contributed by atoms with E-state index in [2.05, 4.69) is 10.6 Å². The predicted octanol–water partition coefficient (Wildman–Crippen LogP) is 0.806. The quantitative estimate of drug-likeness (QED) is 0.717. The molecule has 0 aromatic carbocycles. The van der Waals surface area contributed by atoms with Crippen LogP contribution in [-0.2, 0) is 4.79 Å². The van der Waals surface area contributed by atoms with Crippen molar-refractivity contribution in [3.8, 4) is 0 Å². The Balaban J connectivity index is 1.94. The molecule has 2 aliphatic rings. The number of nitrogens with one attached hydrogen (secondary N) is 2. The van der Waals surface area contributed by atoms with Gasteiger partial charge in [-0.3, -0.25) is 4.79 Å². The van der Waals surface area contributed by atoms with Crippen LogP contribution in [0.25, 0.3) is 0 Å². The Kier molecular flexibility index (Phi) is 4.06. The molecule has 3 N–H and O–H groups in total. The zero-order chi connectivity index (χ0) is 14.1. The summed E-state index contributed by atoms with van der Waals surface area (Å²) >= 11 is 0. The van der Waals surface area contributed by atoms with Gasteiger partial charge in [0.05, 0.1) is 6.10 Å². The summed E-state index contributed by atoms with van der Waals surface area (Å²) in [5.41, 5.74) is -2.29. The van der Waals surface area contributed by atoms with Gasteiger partial charge >= 0.3 is 6.18 Å². The van der Waals surface area contributed by atoms with Crippen LogP contribution < -0.4 is 10.6 Å². The van der Waals surface area contributed by atoms with Gasteiger partial charge in [-0.05, 0) is 38.1 Å². The summed E-state index contributed by atoms with van der Waals surface area (Å²) in [4.78, 5) is 11.9. The van der Waals surface area contributed by atoms with Crippen LogP contribution in [0, 0.1) is 11.3 Å². The van der Waals surface area contributed by atoms with Gasteiger partial charge < -0.3 is 15.7 Å². The Morgan fingerprint density at radius 2 is 2.16 bits per heavy atom. The molecule has 2 fully saturated rings. The van der Waals surface area contributed by atoms with Gasteiger partial charge in [-0.2, -0.15) is 13.2 Å². The van der Waals surface area contributed by atoms with E-state index in [-0.39, 0.29) is 38.1 Å². The van der Waals surface area contributed by atoms with Gasteiger partial charge in [0.1, 0.15) is 0 Å². The minimum absolute atomic E-state index is 0.0820. The number of amides is 1. The average molecular weight is 280 g/mol. The second-order valence-electron chi connectivity index (χ2n) is 5.55. The van der Waals surface area contributed by atoms with Crippen LogP contribution in [0.5, 0.6) is 0 Å². The lowest BCUT2D eigenvalue weighted by molar-refractivity contribution is -0.216. The van der Waals surface area contributed by atoms with E-state index in [0.717, 1.165) is 6.42 Å². The smallest absolute Gasteiger partial charge is 0.393 e. The van der Waals surface area contributed by atoms with Gasteiger partial charge in [-0.15, -0.1) is 0 Å². The lowest BCUT2D eigenvalue weighted by atomic mass is 9.85. The van der Waals surface area contributed by atoms with Crippen molar-refractivity contribution in [1.29, 1.82) is 0 Å². The van der Waals surface area contributed by atoms with Gasteiger partial charge in [0, 0.05) is 13.1 Å². The van der Waals surface area contributed by atoms with E-state index < -0.39 is 17.5 Å². The fraction of sp³-hybridized carbons (Fsp3) is 0.917. The molecule has 3 atom stereocenters. The van der Waals surface area contributed by atoms with Crippen molar-refractivity contribution in [2.75, 3.05) is 19.6 Å². The van der Waals surface area contributed by atoms with E-state index >= 15 is 0 Å². The number of aliphatic hydroxyl groups is 1. The summed E-state index contributed by atoms with van der Waals surface area (Å²) in [5.74, 6) is -0.856. The largest absolute Gasteiger partial charge is 0.404 e. The topological polar surface area (TPSA) is 61.4 Å². The Morgan fingerprint density at radius 3 is 2.63 bits per heavy atom. The Morgan fingerprint density at radius 1 is 1.42 bits per heavy atom. The summed E-state index contributed by atoms with van der Waals surface area (Å²) in [6, 6.07) is 0. The molecule has 1 heterocycles. The van der Waals surface area contributed by atoms with E-state index in [1.54, 1.807) is 0 Å². The van der Waals surface area contributed by atoms with Gasteiger partial charge in [-0.25, -0.2) is 0 Å². The first-order chi connectivity index (χ1) is 8.85. The highest BCUT2D eigenvalue weighted by Crippen LogP contribution is 2.43. The molecule has 1 amide bonds. The van der Waals surface area contributed by atoms with Gasteiger partial charge in [0.15, 0.2) is 5.41 Å². The molecule has 1 saturated heterocycles. The fourth-order valence-corrected chi connectivity index (χ4v) is 2.90. The van der Waals surface area contributed by atoms with Gasteiger partial charge in [0.2, 0.25) is 5.91 Å². The minimum atomic E-state index is -4.53. The van der Waals surface area contributed by atoms with Crippen molar-refractivity contribution < 1.29 is 23.1 Å². The third-order valence-electron chi connectivity index (χ3n) is 4.20. The SMILES string of the molecule is O=C(NCC1CCC(O)C1)C1(C(F)(F)F)CCNC1. The van der Waals surface area contributed by atoms with Crippen molar-refractivity contribution in [3.05, 3.63) is 0 Å². The molecule has 7 heteroatoms. The highest BCUT2D eigenvalue weighted by molar-refractivity contribution is 5.84. The number of hydrogen-bond acceptors (Lipinski definition) is 3. The van der Waals surface area contributed by atoms with Crippen LogP contribution in [0.15, 0.2) is 0 Å². The van der Waals surface area contributed by atoms with Gasteiger partial charge in [0.25, 0.3) is 0 Å². The molecule has 2 rings (SSSR count).